The summed E-state index contributed by atoms with van der Waals surface area (Å²) in [6.45, 7) is 0. The summed E-state index contributed by atoms with van der Waals surface area (Å²) in [6, 6.07) is 12.8. The quantitative estimate of drug-likeness (QED) is 0.571. The number of rotatable bonds is 8. The van der Waals surface area contributed by atoms with Gasteiger partial charge in [0, 0.05) is 17.7 Å². The number of anilines is 1. The number of methoxy groups -OCH3 is 1. The fourth-order valence-electron chi connectivity index (χ4n) is 3.55. The monoisotopic (exact) mass is 441 g/mol. The average molecular weight is 442 g/mol. The Bertz CT molecular complexity index is 1190. The molecule has 1 heterocycles. The fourth-order valence-corrected chi connectivity index (χ4v) is 4.70. The van der Waals surface area contributed by atoms with Crippen molar-refractivity contribution < 1.29 is 22.5 Å². The SMILES string of the molecule is COc1ccc(-c2nc(CS(=O)(=O)CCC(=O)Nc3ccc4c(c3)CCC4)no2)cc1. The van der Waals surface area contributed by atoms with Gasteiger partial charge in [0.1, 0.15) is 11.5 Å². The molecule has 0 radical (unpaired) electrons. The predicted molar refractivity (Wildman–Crippen MR) is 115 cm³/mol. The second-order valence-electron chi connectivity index (χ2n) is 7.47. The van der Waals surface area contributed by atoms with Gasteiger partial charge in [-0.15, -0.1) is 0 Å². The Kier molecular flexibility index (Phi) is 6.03. The summed E-state index contributed by atoms with van der Waals surface area (Å²) in [5, 5.41) is 6.53. The highest BCUT2D eigenvalue weighted by Gasteiger charge is 2.19. The summed E-state index contributed by atoms with van der Waals surface area (Å²) in [7, 11) is -2.01. The van der Waals surface area contributed by atoms with Crippen LogP contribution >= 0.6 is 0 Å². The maximum atomic E-state index is 12.4. The molecule has 1 amide bonds. The third kappa shape index (κ3) is 5.29. The average Bonchev–Trinajstić information content (AvgIpc) is 3.41. The van der Waals surface area contributed by atoms with Crippen LogP contribution in [0.25, 0.3) is 11.5 Å². The molecule has 0 atom stereocenters. The standard InChI is InChI=1S/C22H23N3O5S/c1-29-19-9-6-16(7-10-19)22-24-20(25-30-22)14-31(27,28)12-11-21(26)23-18-8-5-15-3-2-4-17(15)13-18/h5-10,13H,2-4,11-12,14H2,1H3,(H,23,26). The highest BCUT2D eigenvalue weighted by Crippen LogP contribution is 2.25. The Morgan fingerprint density at radius 1 is 1.13 bits per heavy atom. The van der Waals surface area contributed by atoms with Crippen molar-refractivity contribution in [3.63, 3.8) is 0 Å². The number of nitrogens with one attached hydrogen (secondary N) is 1. The summed E-state index contributed by atoms with van der Waals surface area (Å²) in [5.41, 5.74) is 3.92. The van der Waals surface area contributed by atoms with Gasteiger partial charge in [0.15, 0.2) is 15.7 Å². The van der Waals surface area contributed by atoms with Crippen LogP contribution in [0.2, 0.25) is 0 Å². The lowest BCUT2D eigenvalue weighted by molar-refractivity contribution is -0.115. The Morgan fingerprint density at radius 3 is 2.68 bits per heavy atom. The van der Waals surface area contributed by atoms with Crippen molar-refractivity contribution >= 4 is 21.4 Å². The molecule has 4 rings (SSSR count). The van der Waals surface area contributed by atoms with Crippen LogP contribution in [-0.4, -0.2) is 37.3 Å². The minimum absolute atomic E-state index is 0.0600. The van der Waals surface area contributed by atoms with Crippen molar-refractivity contribution in [3.05, 3.63) is 59.4 Å². The minimum Gasteiger partial charge on any atom is -0.497 e. The first-order valence-corrected chi connectivity index (χ1v) is 11.8. The number of hydrogen-bond acceptors (Lipinski definition) is 7. The van der Waals surface area contributed by atoms with E-state index in [2.05, 4.69) is 15.5 Å². The second kappa shape index (κ2) is 8.89. The highest BCUT2D eigenvalue weighted by molar-refractivity contribution is 7.90. The van der Waals surface area contributed by atoms with E-state index in [0.29, 0.717) is 17.0 Å². The number of fused-ring (bicyclic) bond motifs is 1. The maximum Gasteiger partial charge on any atom is 0.257 e. The Morgan fingerprint density at radius 2 is 1.90 bits per heavy atom. The van der Waals surface area contributed by atoms with Gasteiger partial charge in [-0.05, 0) is 66.8 Å². The second-order valence-corrected chi connectivity index (χ2v) is 9.66. The van der Waals surface area contributed by atoms with Crippen LogP contribution in [0.15, 0.2) is 47.0 Å². The number of amides is 1. The van der Waals surface area contributed by atoms with Gasteiger partial charge in [-0.3, -0.25) is 4.79 Å². The van der Waals surface area contributed by atoms with Gasteiger partial charge in [0.2, 0.25) is 5.91 Å². The van der Waals surface area contributed by atoms with Crippen LogP contribution in [0.5, 0.6) is 5.75 Å². The highest BCUT2D eigenvalue weighted by atomic mass is 32.2. The molecule has 0 saturated heterocycles. The largest absolute Gasteiger partial charge is 0.497 e. The third-order valence-electron chi connectivity index (χ3n) is 5.18. The minimum atomic E-state index is -3.58. The number of hydrogen-bond donors (Lipinski definition) is 1. The van der Waals surface area contributed by atoms with Crippen LogP contribution in [-0.2, 0) is 33.2 Å². The predicted octanol–water partition coefficient (Wildman–Crippen LogP) is 3.18. The number of sulfone groups is 1. The summed E-state index contributed by atoms with van der Waals surface area (Å²) in [6.07, 6.45) is 3.07. The maximum absolute atomic E-state index is 12.4. The van der Waals surface area contributed by atoms with E-state index in [-0.39, 0.29) is 29.8 Å². The molecule has 8 nitrogen and oxygen atoms in total. The number of aromatic nitrogens is 2. The molecular weight excluding hydrogens is 418 g/mol. The van der Waals surface area contributed by atoms with Gasteiger partial charge in [0.25, 0.3) is 5.89 Å². The van der Waals surface area contributed by atoms with Crippen LogP contribution in [0.3, 0.4) is 0 Å². The lowest BCUT2D eigenvalue weighted by atomic mass is 10.1. The molecule has 1 aliphatic rings. The molecule has 1 N–H and O–H groups in total. The van der Waals surface area contributed by atoms with E-state index >= 15 is 0 Å². The van der Waals surface area contributed by atoms with Crippen molar-refractivity contribution in [3.8, 4) is 17.2 Å². The summed E-state index contributed by atoms with van der Waals surface area (Å²) >= 11 is 0. The van der Waals surface area contributed by atoms with Gasteiger partial charge < -0.3 is 14.6 Å². The van der Waals surface area contributed by atoms with Crippen LogP contribution in [0, 0.1) is 0 Å². The summed E-state index contributed by atoms with van der Waals surface area (Å²) in [4.78, 5) is 16.4. The van der Waals surface area contributed by atoms with E-state index in [1.54, 1.807) is 31.4 Å². The molecule has 1 aromatic heterocycles. The molecule has 0 bridgehead atoms. The number of aryl methyl sites for hydroxylation is 2. The molecule has 3 aromatic rings. The number of carbonyl (C=O) groups excluding carboxylic acids is 1. The van der Waals surface area contributed by atoms with Crippen LogP contribution < -0.4 is 10.1 Å². The van der Waals surface area contributed by atoms with Crippen LogP contribution in [0.4, 0.5) is 5.69 Å². The molecule has 2 aromatic carbocycles. The van der Waals surface area contributed by atoms with E-state index in [1.807, 2.05) is 18.2 Å². The van der Waals surface area contributed by atoms with Crippen molar-refractivity contribution in [1.29, 1.82) is 0 Å². The summed E-state index contributed by atoms with van der Waals surface area (Å²) in [5.74, 6) is -0.0561. The van der Waals surface area contributed by atoms with E-state index < -0.39 is 15.6 Å². The van der Waals surface area contributed by atoms with Crippen molar-refractivity contribution in [2.24, 2.45) is 0 Å². The molecule has 31 heavy (non-hydrogen) atoms. The number of benzene rings is 2. The van der Waals surface area contributed by atoms with Crippen molar-refractivity contribution in [1.82, 2.24) is 10.1 Å². The van der Waals surface area contributed by atoms with Gasteiger partial charge >= 0.3 is 0 Å². The molecule has 0 aliphatic heterocycles. The van der Waals surface area contributed by atoms with Gasteiger partial charge in [-0.1, -0.05) is 11.2 Å². The molecule has 1 aliphatic carbocycles. The zero-order valence-corrected chi connectivity index (χ0v) is 17.9. The first-order chi connectivity index (χ1) is 14.9. The first kappa shape index (κ1) is 21.0. The molecule has 0 saturated carbocycles. The normalized spacial score (nSPS) is 13.1. The fraction of sp³-hybridized carbons (Fsp3) is 0.318. The molecule has 0 fully saturated rings. The third-order valence-corrected chi connectivity index (χ3v) is 6.70. The van der Waals surface area contributed by atoms with Gasteiger partial charge in [0.05, 0.1) is 12.9 Å². The lowest BCUT2D eigenvalue weighted by Gasteiger charge is -2.07. The number of nitrogens with zero attached hydrogens (tertiary/aromatic N) is 2. The lowest BCUT2D eigenvalue weighted by Crippen LogP contribution is -2.18. The van der Waals surface area contributed by atoms with Crippen molar-refractivity contribution in [2.45, 2.75) is 31.4 Å². The molecule has 9 heteroatoms. The van der Waals surface area contributed by atoms with E-state index in [9.17, 15) is 13.2 Å². The number of carbonyl (C=O) groups is 1. The molecule has 0 unspecified atom stereocenters. The molecule has 0 spiro atoms. The first-order valence-electron chi connectivity index (χ1n) is 10.0. The smallest absolute Gasteiger partial charge is 0.257 e. The Balaban J connectivity index is 1.32. The van der Waals surface area contributed by atoms with Crippen LogP contribution in [0.1, 0.15) is 29.8 Å². The zero-order chi connectivity index (χ0) is 21.8. The molecular formula is C22H23N3O5S. The topological polar surface area (TPSA) is 111 Å². The Labute approximate surface area is 180 Å². The van der Waals surface area contributed by atoms with E-state index in [4.69, 9.17) is 9.26 Å². The summed E-state index contributed by atoms with van der Waals surface area (Å²) < 4.78 is 35.1. The van der Waals surface area contributed by atoms with E-state index in [0.717, 1.165) is 19.3 Å². The zero-order valence-electron chi connectivity index (χ0n) is 17.1. The van der Waals surface area contributed by atoms with Gasteiger partial charge in [-0.2, -0.15) is 4.98 Å². The Hall–Kier alpha value is -3.20. The van der Waals surface area contributed by atoms with E-state index in [1.165, 1.54) is 11.1 Å². The van der Waals surface area contributed by atoms with Crippen molar-refractivity contribution in [2.75, 3.05) is 18.2 Å². The molecule has 162 valence electrons. The number of ether oxygens (including phenoxy) is 1. The van der Waals surface area contributed by atoms with Gasteiger partial charge in [-0.25, -0.2) is 8.42 Å².